The Balaban J connectivity index is 1.61. The van der Waals surface area contributed by atoms with Crippen molar-refractivity contribution in [2.45, 2.75) is 38.3 Å². The molecule has 0 amide bonds. The lowest BCUT2D eigenvalue weighted by Crippen LogP contribution is -2.35. The zero-order valence-corrected chi connectivity index (χ0v) is 12.6. The lowest BCUT2D eigenvalue weighted by Gasteiger charge is -2.30. The Morgan fingerprint density at radius 2 is 2.19 bits per heavy atom. The van der Waals surface area contributed by atoms with Crippen molar-refractivity contribution in [3.05, 3.63) is 39.4 Å². The van der Waals surface area contributed by atoms with Gasteiger partial charge in [0.05, 0.1) is 4.92 Å². The van der Waals surface area contributed by atoms with Gasteiger partial charge in [-0.15, -0.1) is 0 Å². The Hall–Kier alpha value is -1.46. The van der Waals surface area contributed by atoms with Crippen LogP contribution in [-0.4, -0.2) is 47.4 Å². The summed E-state index contributed by atoms with van der Waals surface area (Å²) in [6.45, 7) is 4.24. The standard InChI is InChI=1S/C16H23N3O2/c1-17-8-2-3-15(17)7-10-18-9-6-13-4-5-16(19(20)21)11-14(13)12-18/h4-5,11,15H,2-3,6-10,12H2,1H3/t15-/m1/s1. The number of fused-ring (bicyclic) bond motifs is 1. The second kappa shape index (κ2) is 6.12. The highest BCUT2D eigenvalue weighted by Crippen LogP contribution is 2.25. The summed E-state index contributed by atoms with van der Waals surface area (Å²) >= 11 is 0. The maximum absolute atomic E-state index is 10.9. The minimum Gasteiger partial charge on any atom is -0.303 e. The molecular formula is C16H23N3O2. The minimum atomic E-state index is -0.299. The van der Waals surface area contributed by atoms with Gasteiger partial charge < -0.3 is 4.90 Å². The van der Waals surface area contributed by atoms with E-state index < -0.39 is 0 Å². The van der Waals surface area contributed by atoms with E-state index in [1.807, 2.05) is 6.07 Å². The number of rotatable bonds is 4. The molecule has 1 atom stereocenters. The molecular weight excluding hydrogens is 266 g/mol. The van der Waals surface area contributed by atoms with E-state index in [9.17, 15) is 10.1 Å². The molecule has 1 fully saturated rings. The maximum atomic E-state index is 10.9. The average Bonchev–Trinajstić information content (AvgIpc) is 2.89. The molecule has 0 radical (unpaired) electrons. The number of nitro groups is 1. The number of benzene rings is 1. The van der Waals surface area contributed by atoms with E-state index in [4.69, 9.17) is 0 Å². The van der Waals surface area contributed by atoms with Crippen LogP contribution in [0, 0.1) is 10.1 Å². The van der Waals surface area contributed by atoms with Gasteiger partial charge in [0, 0.05) is 31.3 Å². The van der Waals surface area contributed by atoms with Crippen molar-refractivity contribution in [1.29, 1.82) is 0 Å². The molecule has 0 saturated carbocycles. The summed E-state index contributed by atoms with van der Waals surface area (Å²) in [5.41, 5.74) is 2.62. The second-order valence-electron chi connectivity index (χ2n) is 6.30. The fourth-order valence-corrected chi connectivity index (χ4v) is 3.58. The van der Waals surface area contributed by atoms with Crippen molar-refractivity contribution < 1.29 is 4.92 Å². The zero-order valence-electron chi connectivity index (χ0n) is 12.6. The summed E-state index contributed by atoms with van der Waals surface area (Å²) in [4.78, 5) is 15.5. The molecule has 5 heteroatoms. The lowest BCUT2D eigenvalue weighted by atomic mass is 9.98. The molecule has 2 aliphatic rings. The van der Waals surface area contributed by atoms with E-state index in [2.05, 4.69) is 16.8 Å². The summed E-state index contributed by atoms with van der Waals surface area (Å²) in [6, 6.07) is 6.03. The molecule has 0 N–H and O–H groups in total. The zero-order chi connectivity index (χ0) is 14.8. The van der Waals surface area contributed by atoms with Gasteiger partial charge in [-0.3, -0.25) is 15.0 Å². The quantitative estimate of drug-likeness (QED) is 0.631. The highest BCUT2D eigenvalue weighted by Gasteiger charge is 2.23. The van der Waals surface area contributed by atoms with Crippen molar-refractivity contribution in [2.24, 2.45) is 0 Å². The monoisotopic (exact) mass is 289 g/mol. The van der Waals surface area contributed by atoms with Crippen LogP contribution < -0.4 is 0 Å². The van der Waals surface area contributed by atoms with Crippen LogP contribution in [0.5, 0.6) is 0 Å². The number of hydrogen-bond acceptors (Lipinski definition) is 4. The largest absolute Gasteiger partial charge is 0.303 e. The Bertz CT molecular complexity index is 532. The number of nitrogens with zero attached hydrogens (tertiary/aromatic N) is 3. The molecule has 0 aliphatic carbocycles. The first-order valence-corrected chi connectivity index (χ1v) is 7.82. The summed E-state index contributed by atoms with van der Waals surface area (Å²) in [6.07, 6.45) is 4.84. The second-order valence-corrected chi connectivity index (χ2v) is 6.30. The normalized spacial score (nSPS) is 23.2. The molecule has 2 aliphatic heterocycles. The van der Waals surface area contributed by atoms with Gasteiger partial charge in [-0.05, 0) is 56.9 Å². The van der Waals surface area contributed by atoms with Crippen LogP contribution >= 0.6 is 0 Å². The first-order chi connectivity index (χ1) is 10.1. The van der Waals surface area contributed by atoms with Crippen molar-refractivity contribution in [2.75, 3.05) is 26.7 Å². The van der Waals surface area contributed by atoms with Gasteiger partial charge in [0.2, 0.25) is 0 Å². The predicted molar refractivity (Wildman–Crippen MR) is 82.3 cm³/mol. The molecule has 114 valence electrons. The van der Waals surface area contributed by atoms with E-state index >= 15 is 0 Å². The fraction of sp³-hybridized carbons (Fsp3) is 0.625. The highest BCUT2D eigenvalue weighted by atomic mass is 16.6. The molecule has 0 bridgehead atoms. The summed E-state index contributed by atoms with van der Waals surface area (Å²) in [7, 11) is 2.21. The Labute approximate surface area is 125 Å². The third-order valence-electron chi connectivity index (χ3n) is 4.94. The molecule has 21 heavy (non-hydrogen) atoms. The SMILES string of the molecule is CN1CCC[C@@H]1CCN1CCc2ccc([N+](=O)[O-])cc2C1. The van der Waals surface area contributed by atoms with E-state index in [0.717, 1.165) is 37.7 Å². The molecule has 2 heterocycles. The number of likely N-dealkylation sites (tertiary alicyclic amines) is 1. The van der Waals surface area contributed by atoms with Crippen LogP contribution in [0.15, 0.2) is 18.2 Å². The van der Waals surface area contributed by atoms with E-state index in [0.29, 0.717) is 0 Å². The lowest BCUT2D eigenvalue weighted by molar-refractivity contribution is -0.385. The van der Waals surface area contributed by atoms with Gasteiger partial charge in [-0.1, -0.05) is 6.07 Å². The van der Waals surface area contributed by atoms with Crippen LogP contribution in [0.4, 0.5) is 5.69 Å². The molecule has 0 unspecified atom stereocenters. The third kappa shape index (κ3) is 3.24. The molecule has 0 spiro atoms. The first kappa shape index (κ1) is 14.5. The first-order valence-electron chi connectivity index (χ1n) is 7.82. The van der Waals surface area contributed by atoms with E-state index in [1.165, 1.54) is 31.4 Å². The van der Waals surface area contributed by atoms with Crippen LogP contribution in [0.25, 0.3) is 0 Å². The highest BCUT2D eigenvalue weighted by molar-refractivity contribution is 5.41. The fourth-order valence-electron chi connectivity index (χ4n) is 3.58. The molecule has 5 nitrogen and oxygen atoms in total. The van der Waals surface area contributed by atoms with Crippen molar-refractivity contribution in [1.82, 2.24) is 9.80 Å². The Morgan fingerprint density at radius 3 is 2.90 bits per heavy atom. The molecule has 1 aromatic carbocycles. The number of hydrogen-bond donors (Lipinski definition) is 0. The van der Waals surface area contributed by atoms with Crippen LogP contribution in [0.1, 0.15) is 30.4 Å². The van der Waals surface area contributed by atoms with Crippen LogP contribution in [0.3, 0.4) is 0 Å². The summed E-state index contributed by atoms with van der Waals surface area (Å²) < 4.78 is 0. The molecule has 1 aromatic rings. The molecule has 1 saturated heterocycles. The number of non-ortho nitro benzene ring substituents is 1. The molecule has 0 aromatic heterocycles. The Morgan fingerprint density at radius 1 is 1.33 bits per heavy atom. The van der Waals surface area contributed by atoms with Gasteiger partial charge in [-0.25, -0.2) is 0 Å². The topological polar surface area (TPSA) is 49.6 Å². The maximum Gasteiger partial charge on any atom is 0.269 e. The predicted octanol–water partition coefficient (Wildman–Crippen LogP) is 2.44. The summed E-state index contributed by atoms with van der Waals surface area (Å²) in [5, 5.41) is 10.9. The molecule has 3 rings (SSSR count). The van der Waals surface area contributed by atoms with Crippen molar-refractivity contribution in [3.8, 4) is 0 Å². The van der Waals surface area contributed by atoms with E-state index in [-0.39, 0.29) is 10.6 Å². The smallest absolute Gasteiger partial charge is 0.269 e. The van der Waals surface area contributed by atoms with Crippen LogP contribution in [-0.2, 0) is 13.0 Å². The van der Waals surface area contributed by atoms with Gasteiger partial charge >= 0.3 is 0 Å². The summed E-state index contributed by atoms with van der Waals surface area (Å²) in [5.74, 6) is 0. The van der Waals surface area contributed by atoms with E-state index in [1.54, 1.807) is 12.1 Å². The third-order valence-corrected chi connectivity index (χ3v) is 4.94. The van der Waals surface area contributed by atoms with Crippen LogP contribution in [0.2, 0.25) is 0 Å². The van der Waals surface area contributed by atoms with Crippen molar-refractivity contribution in [3.63, 3.8) is 0 Å². The van der Waals surface area contributed by atoms with Gasteiger partial charge in [-0.2, -0.15) is 0 Å². The number of nitro benzene ring substituents is 1. The Kier molecular flexibility index (Phi) is 4.22. The van der Waals surface area contributed by atoms with Gasteiger partial charge in [0.1, 0.15) is 0 Å². The van der Waals surface area contributed by atoms with Gasteiger partial charge in [0.25, 0.3) is 5.69 Å². The van der Waals surface area contributed by atoms with Gasteiger partial charge in [0.15, 0.2) is 0 Å². The van der Waals surface area contributed by atoms with Crippen molar-refractivity contribution >= 4 is 5.69 Å². The average molecular weight is 289 g/mol. The minimum absolute atomic E-state index is 0.214.